The number of ketones is 1. The lowest BCUT2D eigenvalue weighted by Crippen LogP contribution is -2.31. The van der Waals surface area contributed by atoms with Crippen molar-refractivity contribution in [2.45, 2.75) is 19.8 Å². The third kappa shape index (κ3) is 2.29. The van der Waals surface area contributed by atoms with E-state index in [-0.39, 0.29) is 35.6 Å². The van der Waals surface area contributed by atoms with Gasteiger partial charge in [-0.3, -0.25) is 24.6 Å². The van der Waals surface area contributed by atoms with Crippen molar-refractivity contribution in [3.63, 3.8) is 0 Å². The molecule has 1 aromatic rings. The van der Waals surface area contributed by atoms with Crippen LogP contribution < -0.4 is 0 Å². The fourth-order valence-electron chi connectivity index (χ4n) is 2.16. The number of fused-ring (bicyclic) bond motifs is 1. The van der Waals surface area contributed by atoms with Crippen LogP contribution in [0.4, 0.5) is 5.69 Å². The molecule has 1 heterocycles. The Morgan fingerprint density at radius 1 is 1.30 bits per heavy atom. The van der Waals surface area contributed by atoms with Gasteiger partial charge in [0, 0.05) is 19.0 Å². The topological polar surface area (TPSA) is 97.6 Å². The average Bonchev–Trinajstić information content (AvgIpc) is 2.63. The largest absolute Gasteiger partial charge is 0.300 e. The van der Waals surface area contributed by atoms with Crippen molar-refractivity contribution in [1.82, 2.24) is 4.90 Å². The first-order chi connectivity index (χ1) is 9.43. The van der Waals surface area contributed by atoms with Gasteiger partial charge in [0.25, 0.3) is 17.5 Å². The molecular weight excluding hydrogens is 264 g/mol. The summed E-state index contributed by atoms with van der Waals surface area (Å²) >= 11 is 0. The van der Waals surface area contributed by atoms with Crippen LogP contribution in [0.25, 0.3) is 0 Å². The van der Waals surface area contributed by atoms with E-state index < -0.39 is 16.7 Å². The summed E-state index contributed by atoms with van der Waals surface area (Å²) in [4.78, 5) is 46.2. The van der Waals surface area contributed by atoms with Crippen LogP contribution in [0.2, 0.25) is 0 Å². The summed E-state index contributed by atoms with van der Waals surface area (Å²) in [7, 11) is 0. The lowest BCUT2D eigenvalue weighted by Gasteiger charge is -2.12. The van der Waals surface area contributed by atoms with Crippen molar-refractivity contribution in [2.24, 2.45) is 0 Å². The number of carbonyl (C=O) groups is 3. The van der Waals surface area contributed by atoms with Crippen LogP contribution >= 0.6 is 0 Å². The van der Waals surface area contributed by atoms with Crippen LogP contribution in [0.15, 0.2) is 18.2 Å². The van der Waals surface area contributed by atoms with Gasteiger partial charge >= 0.3 is 0 Å². The number of nitro groups is 1. The quantitative estimate of drug-likeness (QED) is 0.461. The maximum absolute atomic E-state index is 12.1. The molecule has 0 spiro atoms. The second-order valence-corrected chi connectivity index (χ2v) is 4.52. The first kappa shape index (κ1) is 13.9. The van der Waals surface area contributed by atoms with Crippen LogP contribution in [0, 0.1) is 10.1 Å². The van der Waals surface area contributed by atoms with E-state index in [4.69, 9.17) is 0 Å². The van der Waals surface area contributed by atoms with Gasteiger partial charge in [-0.1, -0.05) is 6.07 Å². The van der Waals surface area contributed by atoms with E-state index in [1.165, 1.54) is 25.1 Å². The maximum atomic E-state index is 12.1. The Bertz CT molecular complexity index is 623. The van der Waals surface area contributed by atoms with Crippen molar-refractivity contribution < 1.29 is 19.3 Å². The van der Waals surface area contributed by atoms with Crippen molar-refractivity contribution in [2.75, 3.05) is 6.54 Å². The van der Waals surface area contributed by atoms with Gasteiger partial charge in [0.2, 0.25) is 0 Å². The molecule has 7 nitrogen and oxygen atoms in total. The highest BCUT2D eigenvalue weighted by Gasteiger charge is 2.40. The Hall–Kier alpha value is -2.57. The SMILES string of the molecule is CC(=O)CCCN1C(=O)c2cccc([N+](=O)[O-])c2C1=O. The molecule has 7 heteroatoms. The van der Waals surface area contributed by atoms with Crippen molar-refractivity contribution in [1.29, 1.82) is 0 Å². The minimum Gasteiger partial charge on any atom is -0.300 e. The van der Waals surface area contributed by atoms with Gasteiger partial charge < -0.3 is 4.79 Å². The summed E-state index contributed by atoms with van der Waals surface area (Å²) < 4.78 is 0. The zero-order valence-corrected chi connectivity index (χ0v) is 10.8. The average molecular weight is 276 g/mol. The third-order valence-electron chi connectivity index (χ3n) is 3.08. The van der Waals surface area contributed by atoms with Crippen LogP contribution in [-0.2, 0) is 4.79 Å². The Labute approximate surface area is 114 Å². The van der Waals surface area contributed by atoms with E-state index in [0.29, 0.717) is 6.42 Å². The van der Waals surface area contributed by atoms with Crippen LogP contribution in [0.5, 0.6) is 0 Å². The fourth-order valence-corrected chi connectivity index (χ4v) is 2.16. The summed E-state index contributed by atoms with van der Waals surface area (Å²) in [5.74, 6) is -1.24. The Morgan fingerprint density at radius 2 is 2.00 bits per heavy atom. The van der Waals surface area contributed by atoms with Gasteiger partial charge in [0.1, 0.15) is 11.3 Å². The molecule has 0 aromatic heterocycles. The first-order valence-corrected chi connectivity index (χ1v) is 6.06. The molecule has 0 saturated heterocycles. The summed E-state index contributed by atoms with van der Waals surface area (Å²) in [5, 5.41) is 10.9. The number of benzene rings is 1. The molecular formula is C13H12N2O5. The standard InChI is InChI=1S/C13H12N2O5/c1-8(16)4-3-7-14-12(17)9-5-2-6-10(15(19)20)11(9)13(14)18/h2,5-6H,3-4,7H2,1H3. The van der Waals surface area contributed by atoms with Gasteiger partial charge in [-0.2, -0.15) is 0 Å². The van der Waals surface area contributed by atoms with E-state index in [0.717, 1.165) is 4.90 Å². The molecule has 0 unspecified atom stereocenters. The minimum atomic E-state index is -0.677. The molecule has 20 heavy (non-hydrogen) atoms. The Balaban J connectivity index is 2.28. The predicted molar refractivity (Wildman–Crippen MR) is 68.4 cm³/mol. The monoisotopic (exact) mass is 276 g/mol. The van der Waals surface area contributed by atoms with E-state index in [2.05, 4.69) is 0 Å². The molecule has 0 bridgehead atoms. The second kappa shape index (κ2) is 5.20. The molecule has 0 radical (unpaired) electrons. The number of hydrogen-bond donors (Lipinski definition) is 0. The van der Waals surface area contributed by atoms with Crippen LogP contribution in [0.1, 0.15) is 40.5 Å². The van der Waals surface area contributed by atoms with Gasteiger partial charge in [-0.15, -0.1) is 0 Å². The first-order valence-electron chi connectivity index (χ1n) is 6.06. The highest BCUT2D eigenvalue weighted by atomic mass is 16.6. The van der Waals surface area contributed by atoms with Crippen LogP contribution in [-0.4, -0.2) is 34.0 Å². The molecule has 0 fully saturated rings. The number of nitro benzene ring substituents is 1. The number of amides is 2. The highest BCUT2D eigenvalue weighted by molar-refractivity contribution is 6.23. The number of Topliss-reactive ketones (excluding diaryl/α,β-unsaturated/α-hetero) is 1. The smallest absolute Gasteiger partial charge is 0.282 e. The maximum Gasteiger partial charge on any atom is 0.282 e. The lowest BCUT2D eigenvalue weighted by atomic mass is 10.1. The third-order valence-corrected chi connectivity index (χ3v) is 3.08. The normalized spacial score (nSPS) is 13.6. The predicted octanol–water partition coefficient (Wildman–Crippen LogP) is 1.56. The fraction of sp³-hybridized carbons (Fsp3) is 0.308. The van der Waals surface area contributed by atoms with Crippen molar-refractivity contribution in [3.8, 4) is 0 Å². The Morgan fingerprint density at radius 3 is 2.60 bits per heavy atom. The van der Waals surface area contributed by atoms with Gasteiger partial charge in [-0.25, -0.2) is 0 Å². The molecule has 1 aliphatic heterocycles. The summed E-state index contributed by atoms with van der Waals surface area (Å²) in [6.45, 7) is 1.51. The Kier molecular flexibility index (Phi) is 3.60. The zero-order chi connectivity index (χ0) is 14.9. The summed E-state index contributed by atoms with van der Waals surface area (Å²) in [5.41, 5.74) is -0.479. The van der Waals surface area contributed by atoms with Crippen molar-refractivity contribution in [3.05, 3.63) is 39.4 Å². The molecule has 2 amide bonds. The lowest BCUT2D eigenvalue weighted by molar-refractivity contribution is -0.385. The molecule has 0 N–H and O–H groups in total. The molecule has 2 rings (SSSR count). The molecule has 104 valence electrons. The molecule has 1 aromatic carbocycles. The number of hydrogen-bond acceptors (Lipinski definition) is 5. The number of rotatable bonds is 5. The van der Waals surface area contributed by atoms with Crippen molar-refractivity contribution >= 4 is 23.3 Å². The second-order valence-electron chi connectivity index (χ2n) is 4.52. The van der Waals surface area contributed by atoms with Gasteiger partial charge in [0.05, 0.1) is 10.5 Å². The number of nitrogens with zero attached hydrogens (tertiary/aromatic N) is 2. The summed E-state index contributed by atoms with van der Waals surface area (Å²) in [6, 6.07) is 3.97. The van der Waals surface area contributed by atoms with Gasteiger partial charge in [-0.05, 0) is 19.4 Å². The van der Waals surface area contributed by atoms with Crippen LogP contribution in [0.3, 0.4) is 0 Å². The highest BCUT2D eigenvalue weighted by Crippen LogP contribution is 2.30. The summed E-state index contributed by atoms with van der Waals surface area (Å²) in [6.07, 6.45) is 0.615. The van der Waals surface area contributed by atoms with E-state index in [1.807, 2.05) is 0 Å². The minimum absolute atomic E-state index is 0.0346. The van der Waals surface area contributed by atoms with E-state index >= 15 is 0 Å². The zero-order valence-electron chi connectivity index (χ0n) is 10.8. The molecule has 0 aliphatic carbocycles. The number of imide groups is 1. The molecule has 1 aliphatic rings. The van der Waals surface area contributed by atoms with E-state index in [9.17, 15) is 24.5 Å². The van der Waals surface area contributed by atoms with Gasteiger partial charge in [0.15, 0.2) is 0 Å². The molecule has 0 saturated carbocycles. The van der Waals surface area contributed by atoms with E-state index in [1.54, 1.807) is 0 Å². The molecule has 0 atom stereocenters. The number of carbonyl (C=O) groups excluding carboxylic acids is 3.